The van der Waals surface area contributed by atoms with Crippen LogP contribution in [0.5, 0.6) is 0 Å². The maximum atomic E-state index is 4.85. The molecule has 0 rings (SSSR count). The largest absolute Gasteiger partial charge is 2.00 e. The quantitative estimate of drug-likeness (QED) is 0.145. The zero-order valence-electron chi connectivity index (χ0n) is 14.8. The summed E-state index contributed by atoms with van der Waals surface area (Å²) < 4.78 is 0. The summed E-state index contributed by atoms with van der Waals surface area (Å²) in [5.74, 6) is 1.90. The first-order valence-corrected chi connectivity index (χ1v) is 10.1. The van der Waals surface area contributed by atoms with Crippen LogP contribution in [0.15, 0.2) is 0 Å². The van der Waals surface area contributed by atoms with Gasteiger partial charge in [0, 0.05) is 0 Å². The average Bonchev–Trinajstić information content (AvgIpc) is 2.47. The molecule has 0 aliphatic rings. The van der Waals surface area contributed by atoms with E-state index in [0.29, 0.717) is 0 Å². The van der Waals surface area contributed by atoms with Crippen molar-refractivity contribution >= 4 is 25.3 Å². The Bertz CT molecular complexity index is 111. The summed E-state index contributed by atoms with van der Waals surface area (Å²) in [5.41, 5.74) is 0. The zero-order chi connectivity index (χ0) is 15.3. The first-order chi connectivity index (χ1) is 9.83. The molecule has 0 aliphatic heterocycles. The summed E-state index contributed by atoms with van der Waals surface area (Å²) in [7, 11) is 0. The van der Waals surface area contributed by atoms with Crippen molar-refractivity contribution in [2.24, 2.45) is 0 Å². The molecule has 0 unspecified atom stereocenters. The van der Waals surface area contributed by atoms with Crippen LogP contribution in [0.3, 0.4) is 0 Å². The summed E-state index contributed by atoms with van der Waals surface area (Å²) in [6.45, 7) is 4.51. The minimum absolute atomic E-state index is 0. The second kappa shape index (κ2) is 29.6. The van der Waals surface area contributed by atoms with Crippen LogP contribution in [0.4, 0.5) is 0 Å². The summed E-state index contributed by atoms with van der Waals surface area (Å²) in [6, 6.07) is 0. The molecule has 0 saturated carbocycles. The molecule has 0 fully saturated rings. The number of unbranched alkanes of at least 4 members (excludes halogenated alkanes) is 12. The summed E-state index contributed by atoms with van der Waals surface area (Å²) in [4.78, 5) is 0. The molecule has 0 radical (unpaired) electrons. The molecule has 0 amide bonds. The molecular weight excluding hydrogens is 481 g/mol. The molecule has 0 atom stereocenters. The van der Waals surface area contributed by atoms with Crippen LogP contribution in [0.25, 0.3) is 0 Å². The molecule has 3 heteroatoms. The van der Waals surface area contributed by atoms with E-state index in [4.69, 9.17) is 25.3 Å². The van der Waals surface area contributed by atoms with E-state index in [1.807, 2.05) is 0 Å². The van der Waals surface area contributed by atoms with Gasteiger partial charge in [-0.3, -0.25) is 0 Å². The molecular formula is C18H38HgS2. The molecule has 0 nitrogen and oxygen atoms in total. The van der Waals surface area contributed by atoms with Crippen LogP contribution in [0.2, 0.25) is 0 Å². The molecule has 0 spiro atoms. The Hall–Kier alpha value is 1.64. The minimum Gasteiger partial charge on any atom is -0.793 e. The van der Waals surface area contributed by atoms with Crippen molar-refractivity contribution in [2.45, 2.75) is 104 Å². The summed E-state index contributed by atoms with van der Waals surface area (Å²) >= 11 is 9.71. The maximum absolute atomic E-state index is 4.85. The molecule has 0 aliphatic carbocycles. The Morgan fingerprint density at radius 3 is 0.905 bits per heavy atom. The predicted octanol–water partition coefficient (Wildman–Crippen LogP) is 6.57. The third-order valence-corrected chi connectivity index (χ3v) is 4.07. The van der Waals surface area contributed by atoms with E-state index < -0.39 is 0 Å². The van der Waals surface area contributed by atoms with Crippen LogP contribution in [-0.2, 0) is 52.9 Å². The third-order valence-electron chi connectivity index (χ3n) is 3.50. The van der Waals surface area contributed by atoms with Crippen molar-refractivity contribution in [2.75, 3.05) is 11.5 Å². The van der Waals surface area contributed by atoms with E-state index in [1.54, 1.807) is 0 Å². The molecule has 0 bridgehead atoms. The fourth-order valence-corrected chi connectivity index (χ4v) is 2.53. The predicted molar refractivity (Wildman–Crippen MR) is 100 cm³/mol. The molecule has 0 N–H and O–H groups in total. The minimum atomic E-state index is 0. The van der Waals surface area contributed by atoms with Gasteiger partial charge in [-0.05, 0) is 0 Å². The van der Waals surface area contributed by atoms with Gasteiger partial charge in [-0.2, -0.15) is 11.5 Å². The van der Waals surface area contributed by atoms with Gasteiger partial charge >= 0.3 is 27.7 Å². The van der Waals surface area contributed by atoms with Crippen LogP contribution >= 0.6 is 0 Å². The van der Waals surface area contributed by atoms with Crippen molar-refractivity contribution < 1.29 is 27.7 Å². The third kappa shape index (κ3) is 34.1. The Balaban J connectivity index is -0.000000295. The van der Waals surface area contributed by atoms with Crippen LogP contribution in [0, 0.1) is 0 Å². The SMILES string of the molecule is CCCCCCCCC[S-].CCCCCCCCC[S-].[Hg+2]. The average molecular weight is 519 g/mol. The second-order valence-electron chi connectivity index (χ2n) is 5.65. The van der Waals surface area contributed by atoms with Gasteiger partial charge < -0.3 is 25.3 Å². The fourth-order valence-electron chi connectivity index (χ4n) is 2.12. The first kappa shape index (κ1) is 27.5. The zero-order valence-corrected chi connectivity index (χ0v) is 22.0. The number of rotatable bonds is 14. The van der Waals surface area contributed by atoms with Crippen molar-refractivity contribution in [1.29, 1.82) is 0 Å². The van der Waals surface area contributed by atoms with Crippen LogP contribution in [-0.4, -0.2) is 11.5 Å². The molecule has 0 saturated heterocycles. The normalized spacial score (nSPS) is 9.71. The van der Waals surface area contributed by atoms with Gasteiger partial charge in [-0.15, -0.1) is 0 Å². The second-order valence-corrected chi connectivity index (χ2v) is 6.47. The molecule has 124 valence electrons. The van der Waals surface area contributed by atoms with Crippen molar-refractivity contribution in [1.82, 2.24) is 0 Å². The van der Waals surface area contributed by atoms with Gasteiger partial charge in [0.2, 0.25) is 0 Å². The molecule has 0 aromatic rings. The van der Waals surface area contributed by atoms with Crippen molar-refractivity contribution in [3.05, 3.63) is 0 Å². The molecule has 0 aromatic carbocycles. The fraction of sp³-hybridized carbons (Fsp3) is 1.00. The van der Waals surface area contributed by atoms with Gasteiger partial charge in [0.05, 0.1) is 0 Å². The first-order valence-electron chi connectivity index (χ1n) is 8.99. The van der Waals surface area contributed by atoms with E-state index in [9.17, 15) is 0 Å². The number of hydrogen-bond donors (Lipinski definition) is 0. The maximum Gasteiger partial charge on any atom is 2.00 e. The Labute approximate surface area is 167 Å². The molecule has 0 heterocycles. The Kier molecular flexibility index (Phi) is 38.8. The van der Waals surface area contributed by atoms with Gasteiger partial charge in [0.25, 0.3) is 0 Å². The van der Waals surface area contributed by atoms with Gasteiger partial charge in [-0.25, -0.2) is 0 Å². The smallest absolute Gasteiger partial charge is 0.793 e. The number of hydrogen-bond acceptors (Lipinski definition) is 2. The Morgan fingerprint density at radius 2 is 0.667 bits per heavy atom. The summed E-state index contributed by atoms with van der Waals surface area (Å²) in [5, 5.41) is 0. The molecule has 0 aromatic heterocycles. The van der Waals surface area contributed by atoms with E-state index in [2.05, 4.69) is 13.8 Å². The van der Waals surface area contributed by atoms with Crippen molar-refractivity contribution in [3.63, 3.8) is 0 Å². The van der Waals surface area contributed by atoms with E-state index in [-0.39, 0.29) is 27.7 Å². The van der Waals surface area contributed by atoms with Gasteiger partial charge in [0.1, 0.15) is 0 Å². The van der Waals surface area contributed by atoms with Crippen LogP contribution in [0.1, 0.15) is 104 Å². The van der Waals surface area contributed by atoms with E-state index in [0.717, 1.165) is 11.5 Å². The monoisotopic (exact) mass is 520 g/mol. The van der Waals surface area contributed by atoms with Crippen LogP contribution < -0.4 is 0 Å². The van der Waals surface area contributed by atoms with Crippen molar-refractivity contribution in [3.8, 4) is 0 Å². The topological polar surface area (TPSA) is 0 Å². The van der Waals surface area contributed by atoms with E-state index in [1.165, 1.54) is 89.9 Å². The van der Waals surface area contributed by atoms with Gasteiger partial charge in [0.15, 0.2) is 0 Å². The summed E-state index contributed by atoms with van der Waals surface area (Å²) in [6.07, 6.45) is 19.2. The standard InChI is InChI=1S/2C9H20S.Hg/c2*1-2-3-4-5-6-7-8-9-10;/h2*10H,2-9H2,1H3;/q;;+2/p-2. The van der Waals surface area contributed by atoms with Gasteiger partial charge in [-0.1, -0.05) is 104 Å². The van der Waals surface area contributed by atoms with E-state index >= 15 is 0 Å². The molecule has 21 heavy (non-hydrogen) atoms. The Morgan fingerprint density at radius 1 is 0.429 bits per heavy atom.